The van der Waals surface area contributed by atoms with Gasteiger partial charge in [-0.05, 0) is 43.5 Å². The lowest BCUT2D eigenvalue weighted by molar-refractivity contribution is 0.247. The van der Waals surface area contributed by atoms with Gasteiger partial charge in [-0.15, -0.1) is 5.10 Å². The molecule has 2 heterocycles. The van der Waals surface area contributed by atoms with E-state index < -0.39 is 0 Å². The SMILES string of the molecule is CCc1c(NC(=O)NC2CCc3c(nnn3C)C2)cnn1-c1ccc(Cl)cc1. The molecule has 0 radical (unpaired) electrons. The molecule has 1 atom stereocenters. The van der Waals surface area contributed by atoms with Crippen molar-refractivity contribution in [2.45, 2.75) is 38.6 Å². The van der Waals surface area contributed by atoms with Gasteiger partial charge < -0.3 is 10.6 Å². The van der Waals surface area contributed by atoms with Crippen molar-refractivity contribution in [3.05, 3.63) is 52.6 Å². The van der Waals surface area contributed by atoms with Crippen LogP contribution in [-0.4, -0.2) is 36.8 Å². The van der Waals surface area contributed by atoms with E-state index in [-0.39, 0.29) is 12.1 Å². The summed E-state index contributed by atoms with van der Waals surface area (Å²) >= 11 is 5.97. The highest BCUT2D eigenvalue weighted by Crippen LogP contribution is 2.22. The Balaban J connectivity index is 1.44. The van der Waals surface area contributed by atoms with Crippen LogP contribution >= 0.6 is 11.6 Å². The number of aryl methyl sites for hydroxylation is 1. The van der Waals surface area contributed by atoms with Gasteiger partial charge in [-0.3, -0.25) is 4.68 Å². The van der Waals surface area contributed by atoms with Gasteiger partial charge in [-0.1, -0.05) is 23.7 Å². The molecule has 1 aliphatic rings. The number of nitrogens with one attached hydrogen (secondary N) is 2. The molecule has 2 N–H and O–H groups in total. The highest BCUT2D eigenvalue weighted by atomic mass is 35.5. The highest BCUT2D eigenvalue weighted by molar-refractivity contribution is 6.30. The first-order valence-electron chi connectivity index (χ1n) is 9.33. The number of fused-ring (bicyclic) bond motifs is 1. The van der Waals surface area contributed by atoms with Crippen LogP contribution in [-0.2, 0) is 26.3 Å². The Kier molecular flexibility index (Phi) is 5.04. The summed E-state index contributed by atoms with van der Waals surface area (Å²) in [4.78, 5) is 12.5. The van der Waals surface area contributed by atoms with Gasteiger partial charge in [0, 0.05) is 24.5 Å². The monoisotopic (exact) mass is 399 g/mol. The van der Waals surface area contributed by atoms with Gasteiger partial charge in [0.1, 0.15) is 0 Å². The molecule has 0 bridgehead atoms. The number of aromatic nitrogens is 5. The molecule has 1 unspecified atom stereocenters. The second-order valence-electron chi connectivity index (χ2n) is 6.89. The first-order valence-corrected chi connectivity index (χ1v) is 9.70. The van der Waals surface area contributed by atoms with Gasteiger partial charge in [-0.25, -0.2) is 9.48 Å². The summed E-state index contributed by atoms with van der Waals surface area (Å²) < 4.78 is 3.63. The summed E-state index contributed by atoms with van der Waals surface area (Å²) in [6, 6.07) is 7.25. The van der Waals surface area contributed by atoms with E-state index in [4.69, 9.17) is 11.6 Å². The molecule has 0 saturated heterocycles. The third-order valence-electron chi connectivity index (χ3n) is 5.05. The van der Waals surface area contributed by atoms with Gasteiger partial charge in [0.15, 0.2) is 0 Å². The average molecular weight is 400 g/mol. The summed E-state index contributed by atoms with van der Waals surface area (Å²) in [5, 5.41) is 19.3. The standard InChI is InChI=1S/C19H22ClN7O/c1-3-17-16(11-21-27(17)14-7-4-12(20)5-8-14)23-19(28)22-13-6-9-18-15(10-13)24-25-26(18)2/h4-5,7-8,11,13H,3,6,9-10H2,1-2H3,(H2,22,23,28). The largest absolute Gasteiger partial charge is 0.335 e. The molecule has 28 heavy (non-hydrogen) atoms. The molecule has 0 spiro atoms. The number of hydrogen-bond acceptors (Lipinski definition) is 4. The number of benzene rings is 1. The molecule has 2 amide bonds. The smallest absolute Gasteiger partial charge is 0.319 e. The van der Waals surface area contributed by atoms with Crippen LogP contribution in [0.3, 0.4) is 0 Å². The summed E-state index contributed by atoms with van der Waals surface area (Å²) in [5.74, 6) is 0. The van der Waals surface area contributed by atoms with E-state index in [0.29, 0.717) is 17.1 Å². The predicted octanol–water partition coefficient (Wildman–Crippen LogP) is 2.90. The quantitative estimate of drug-likeness (QED) is 0.705. The zero-order valence-electron chi connectivity index (χ0n) is 15.8. The Morgan fingerprint density at radius 2 is 2.11 bits per heavy atom. The van der Waals surface area contributed by atoms with Crippen LogP contribution in [0, 0.1) is 0 Å². The Morgan fingerprint density at radius 1 is 1.32 bits per heavy atom. The number of carbonyl (C=O) groups excluding carboxylic acids is 1. The van der Waals surface area contributed by atoms with E-state index in [2.05, 4.69) is 26.0 Å². The zero-order chi connectivity index (χ0) is 19.7. The second kappa shape index (κ2) is 7.63. The van der Waals surface area contributed by atoms with Crippen molar-refractivity contribution in [1.29, 1.82) is 0 Å². The van der Waals surface area contributed by atoms with E-state index >= 15 is 0 Å². The van der Waals surface area contributed by atoms with Crippen LogP contribution in [0.4, 0.5) is 10.5 Å². The second-order valence-corrected chi connectivity index (χ2v) is 7.33. The van der Waals surface area contributed by atoms with Crippen molar-refractivity contribution in [2.24, 2.45) is 7.05 Å². The van der Waals surface area contributed by atoms with Crippen molar-refractivity contribution in [1.82, 2.24) is 30.1 Å². The van der Waals surface area contributed by atoms with E-state index in [9.17, 15) is 4.79 Å². The van der Waals surface area contributed by atoms with Gasteiger partial charge in [0.25, 0.3) is 0 Å². The Morgan fingerprint density at radius 3 is 2.86 bits per heavy atom. The summed E-state index contributed by atoms with van der Waals surface area (Å²) in [6.07, 6.45) is 4.82. The topological polar surface area (TPSA) is 89.7 Å². The van der Waals surface area contributed by atoms with Crippen LogP contribution in [0.15, 0.2) is 30.5 Å². The van der Waals surface area contributed by atoms with E-state index in [1.165, 1.54) is 0 Å². The van der Waals surface area contributed by atoms with Gasteiger partial charge in [-0.2, -0.15) is 5.10 Å². The fourth-order valence-corrected chi connectivity index (χ4v) is 3.75. The molecule has 9 heteroatoms. The minimum absolute atomic E-state index is 0.0422. The van der Waals surface area contributed by atoms with Gasteiger partial charge in [0.2, 0.25) is 0 Å². The number of amides is 2. The summed E-state index contributed by atoms with van der Waals surface area (Å²) in [6.45, 7) is 2.03. The number of urea groups is 1. The number of hydrogen-bond donors (Lipinski definition) is 2. The number of nitrogens with zero attached hydrogens (tertiary/aromatic N) is 5. The van der Waals surface area contributed by atoms with Crippen molar-refractivity contribution < 1.29 is 4.79 Å². The Bertz CT molecular complexity index is 992. The molecule has 3 aromatic rings. The summed E-state index contributed by atoms with van der Waals surface area (Å²) in [5.41, 5.74) is 4.64. The third-order valence-corrected chi connectivity index (χ3v) is 5.30. The molecule has 8 nitrogen and oxygen atoms in total. The maximum absolute atomic E-state index is 12.5. The molecular formula is C19H22ClN7O. The average Bonchev–Trinajstić information content (AvgIpc) is 3.25. The fourth-order valence-electron chi connectivity index (χ4n) is 3.62. The highest BCUT2D eigenvalue weighted by Gasteiger charge is 2.24. The lowest BCUT2D eigenvalue weighted by Gasteiger charge is -2.22. The van der Waals surface area contributed by atoms with Crippen molar-refractivity contribution in [2.75, 3.05) is 5.32 Å². The summed E-state index contributed by atoms with van der Waals surface area (Å²) in [7, 11) is 1.90. The molecule has 0 saturated carbocycles. The minimum Gasteiger partial charge on any atom is -0.335 e. The van der Waals surface area contributed by atoms with Gasteiger partial charge >= 0.3 is 6.03 Å². The molecule has 1 aliphatic carbocycles. The van der Waals surface area contributed by atoms with Crippen LogP contribution in [0.2, 0.25) is 5.02 Å². The van der Waals surface area contributed by atoms with Gasteiger partial charge in [0.05, 0.1) is 34.7 Å². The molecule has 0 fully saturated rings. The lowest BCUT2D eigenvalue weighted by atomic mass is 9.96. The number of anilines is 1. The lowest BCUT2D eigenvalue weighted by Crippen LogP contribution is -2.41. The maximum atomic E-state index is 12.5. The molecule has 4 rings (SSSR count). The predicted molar refractivity (Wildman–Crippen MR) is 107 cm³/mol. The zero-order valence-corrected chi connectivity index (χ0v) is 16.6. The number of halogens is 1. The molecular weight excluding hydrogens is 378 g/mol. The van der Waals surface area contributed by atoms with Crippen molar-refractivity contribution in [3.8, 4) is 5.69 Å². The van der Waals surface area contributed by atoms with Crippen LogP contribution in [0.1, 0.15) is 30.4 Å². The minimum atomic E-state index is -0.234. The molecule has 1 aromatic carbocycles. The Labute approximate surface area is 167 Å². The first kappa shape index (κ1) is 18.5. The van der Waals surface area contributed by atoms with E-state index in [1.54, 1.807) is 6.20 Å². The van der Waals surface area contributed by atoms with Crippen LogP contribution < -0.4 is 10.6 Å². The first-order chi connectivity index (χ1) is 13.5. The van der Waals surface area contributed by atoms with E-state index in [0.717, 1.165) is 42.0 Å². The maximum Gasteiger partial charge on any atom is 0.319 e. The molecule has 0 aliphatic heterocycles. The number of carbonyl (C=O) groups is 1. The van der Waals surface area contributed by atoms with Crippen molar-refractivity contribution in [3.63, 3.8) is 0 Å². The third kappa shape index (κ3) is 3.60. The molecule has 2 aromatic heterocycles. The molecule has 146 valence electrons. The van der Waals surface area contributed by atoms with Crippen molar-refractivity contribution >= 4 is 23.3 Å². The number of rotatable bonds is 4. The van der Waals surface area contributed by atoms with E-state index in [1.807, 2.05) is 47.6 Å². The Hall–Kier alpha value is -2.87. The normalized spacial score (nSPS) is 15.9. The van der Waals surface area contributed by atoms with Crippen LogP contribution in [0.25, 0.3) is 5.69 Å². The van der Waals surface area contributed by atoms with Crippen LogP contribution in [0.5, 0.6) is 0 Å². The fraction of sp³-hybridized carbons (Fsp3) is 0.368.